The van der Waals surface area contributed by atoms with Gasteiger partial charge in [0.2, 0.25) is 0 Å². The molecular weight excluding hydrogens is 291 g/mol. The van der Waals surface area contributed by atoms with E-state index in [0.29, 0.717) is 10.0 Å². The maximum atomic E-state index is 13.1. The minimum absolute atomic E-state index is 0.343. The second-order valence-electron chi connectivity index (χ2n) is 3.56. The highest BCUT2D eigenvalue weighted by atomic mass is 79.9. The first-order valence-electron chi connectivity index (χ1n) is 4.76. The number of thiophene rings is 1. The summed E-state index contributed by atoms with van der Waals surface area (Å²) >= 11 is 4.88. The Hall–Kier alpha value is -0.710. The van der Waals surface area contributed by atoms with Crippen molar-refractivity contribution in [3.8, 4) is 0 Å². The average Bonchev–Trinajstić information content (AvgIpc) is 2.67. The van der Waals surface area contributed by atoms with E-state index in [4.69, 9.17) is 0 Å². The molecule has 0 fully saturated rings. The number of aliphatic hydroxyl groups excluding tert-OH is 1. The zero-order chi connectivity index (χ0) is 11.7. The summed E-state index contributed by atoms with van der Waals surface area (Å²) < 4.78 is 13.8. The van der Waals surface area contributed by atoms with Crippen LogP contribution in [0.15, 0.2) is 34.1 Å². The SMILES string of the molecule is Cc1cc(C(O)c2cc(F)ccc2Br)cs1. The maximum absolute atomic E-state index is 13.1. The monoisotopic (exact) mass is 300 g/mol. The summed E-state index contributed by atoms with van der Waals surface area (Å²) in [6, 6.07) is 6.22. The van der Waals surface area contributed by atoms with Crippen LogP contribution in [0.2, 0.25) is 0 Å². The zero-order valence-electron chi connectivity index (χ0n) is 8.58. The van der Waals surface area contributed by atoms with Gasteiger partial charge in [-0.1, -0.05) is 15.9 Å². The molecule has 0 bridgehead atoms. The molecule has 1 atom stereocenters. The zero-order valence-corrected chi connectivity index (χ0v) is 11.0. The van der Waals surface area contributed by atoms with Gasteiger partial charge in [-0.05, 0) is 42.1 Å². The van der Waals surface area contributed by atoms with Gasteiger partial charge in [0.1, 0.15) is 11.9 Å². The summed E-state index contributed by atoms with van der Waals surface area (Å²) in [5.74, 6) is -0.343. The highest BCUT2D eigenvalue weighted by molar-refractivity contribution is 9.10. The van der Waals surface area contributed by atoms with Gasteiger partial charge in [-0.25, -0.2) is 4.39 Å². The Morgan fingerprint density at radius 1 is 1.38 bits per heavy atom. The molecule has 2 aromatic rings. The van der Waals surface area contributed by atoms with Gasteiger partial charge in [-0.15, -0.1) is 11.3 Å². The fourth-order valence-electron chi connectivity index (χ4n) is 1.51. The predicted molar refractivity (Wildman–Crippen MR) is 67.2 cm³/mol. The van der Waals surface area contributed by atoms with E-state index < -0.39 is 6.10 Å². The van der Waals surface area contributed by atoms with Gasteiger partial charge in [0.05, 0.1) is 0 Å². The van der Waals surface area contributed by atoms with Crippen LogP contribution in [0.25, 0.3) is 0 Å². The third kappa shape index (κ3) is 2.34. The predicted octanol–water partition coefficient (Wildman–Crippen LogP) is 4.04. The van der Waals surface area contributed by atoms with Gasteiger partial charge in [-0.3, -0.25) is 0 Å². The summed E-state index contributed by atoms with van der Waals surface area (Å²) in [7, 11) is 0. The number of hydrogen-bond acceptors (Lipinski definition) is 2. The number of hydrogen-bond donors (Lipinski definition) is 1. The Labute approximate surface area is 106 Å². The molecular formula is C12H10BrFOS. The molecule has 1 aromatic heterocycles. The second-order valence-corrected chi connectivity index (χ2v) is 5.53. The van der Waals surface area contributed by atoms with E-state index in [9.17, 15) is 9.50 Å². The lowest BCUT2D eigenvalue weighted by molar-refractivity contribution is 0.219. The topological polar surface area (TPSA) is 20.2 Å². The molecule has 0 amide bonds. The van der Waals surface area contributed by atoms with Crippen molar-refractivity contribution in [2.24, 2.45) is 0 Å². The van der Waals surface area contributed by atoms with Crippen molar-refractivity contribution >= 4 is 27.3 Å². The number of rotatable bonds is 2. The van der Waals surface area contributed by atoms with Gasteiger partial charge >= 0.3 is 0 Å². The Bertz CT molecular complexity index is 509. The normalized spacial score (nSPS) is 12.8. The minimum Gasteiger partial charge on any atom is -0.384 e. The smallest absolute Gasteiger partial charge is 0.123 e. The molecule has 1 heterocycles. The first-order chi connectivity index (χ1) is 7.58. The molecule has 4 heteroatoms. The van der Waals surface area contributed by atoms with Crippen molar-refractivity contribution in [3.05, 3.63) is 55.9 Å². The third-order valence-electron chi connectivity index (χ3n) is 2.32. The van der Waals surface area contributed by atoms with Gasteiger partial charge in [0.15, 0.2) is 0 Å². The van der Waals surface area contributed by atoms with Crippen LogP contribution in [-0.2, 0) is 0 Å². The fraction of sp³-hybridized carbons (Fsp3) is 0.167. The standard InChI is InChI=1S/C12H10BrFOS/c1-7-4-8(6-16-7)12(15)10-5-9(14)2-3-11(10)13/h2-6,12,15H,1H3. The Morgan fingerprint density at radius 2 is 2.12 bits per heavy atom. The molecule has 0 aliphatic heterocycles. The Balaban J connectivity index is 2.40. The van der Waals surface area contributed by atoms with E-state index in [1.54, 1.807) is 17.4 Å². The van der Waals surface area contributed by atoms with Crippen LogP contribution in [0.4, 0.5) is 4.39 Å². The van der Waals surface area contributed by atoms with Crippen LogP contribution in [0.3, 0.4) is 0 Å². The highest BCUT2D eigenvalue weighted by Gasteiger charge is 2.15. The molecule has 2 rings (SSSR count). The van der Waals surface area contributed by atoms with E-state index in [-0.39, 0.29) is 5.82 Å². The molecule has 0 saturated carbocycles. The highest BCUT2D eigenvalue weighted by Crippen LogP contribution is 2.31. The van der Waals surface area contributed by atoms with Crippen LogP contribution < -0.4 is 0 Å². The van der Waals surface area contributed by atoms with Crippen LogP contribution in [0.1, 0.15) is 22.1 Å². The van der Waals surface area contributed by atoms with Crippen LogP contribution in [0.5, 0.6) is 0 Å². The number of benzene rings is 1. The molecule has 1 nitrogen and oxygen atoms in total. The van der Waals surface area contributed by atoms with Crippen LogP contribution >= 0.6 is 27.3 Å². The Morgan fingerprint density at radius 3 is 2.75 bits per heavy atom. The van der Waals surface area contributed by atoms with E-state index in [1.165, 1.54) is 12.1 Å². The lowest BCUT2D eigenvalue weighted by atomic mass is 10.0. The molecule has 0 radical (unpaired) electrons. The molecule has 0 aliphatic carbocycles. The number of aryl methyl sites for hydroxylation is 1. The van der Waals surface area contributed by atoms with Crippen LogP contribution in [0, 0.1) is 12.7 Å². The van der Waals surface area contributed by atoms with E-state index in [2.05, 4.69) is 15.9 Å². The van der Waals surface area contributed by atoms with Crippen molar-refractivity contribution in [1.29, 1.82) is 0 Å². The molecule has 16 heavy (non-hydrogen) atoms. The number of halogens is 2. The molecule has 84 valence electrons. The van der Waals surface area contributed by atoms with Crippen LogP contribution in [-0.4, -0.2) is 5.11 Å². The molecule has 1 aromatic carbocycles. The summed E-state index contributed by atoms with van der Waals surface area (Å²) in [5, 5.41) is 12.0. The first kappa shape index (κ1) is 11.8. The summed E-state index contributed by atoms with van der Waals surface area (Å²) in [6.07, 6.45) is -0.782. The van der Waals surface area contributed by atoms with Gasteiger partial charge in [0.25, 0.3) is 0 Å². The largest absolute Gasteiger partial charge is 0.384 e. The fourth-order valence-corrected chi connectivity index (χ4v) is 2.70. The molecule has 0 aliphatic rings. The lowest BCUT2D eigenvalue weighted by Crippen LogP contribution is -1.99. The van der Waals surface area contributed by atoms with E-state index in [0.717, 1.165) is 10.4 Å². The summed E-state index contributed by atoms with van der Waals surface area (Å²) in [6.45, 7) is 1.97. The maximum Gasteiger partial charge on any atom is 0.123 e. The third-order valence-corrected chi connectivity index (χ3v) is 3.92. The molecule has 1 N–H and O–H groups in total. The second kappa shape index (κ2) is 4.65. The quantitative estimate of drug-likeness (QED) is 0.887. The van der Waals surface area contributed by atoms with Crippen molar-refractivity contribution < 1.29 is 9.50 Å². The minimum atomic E-state index is -0.782. The molecule has 0 spiro atoms. The van der Waals surface area contributed by atoms with Gasteiger partial charge in [-0.2, -0.15) is 0 Å². The van der Waals surface area contributed by atoms with Crippen molar-refractivity contribution in [1.82, 2.24) is 0 Å². The average molecular weight is 301 g/mol. The van der Waals surface area contributed by atoms with E-state index >= 15 is 0 Å². The van der Waals surface area contributed by atoms with Crippen molar-refractivity contribution in [3.63, 3.8) is 0 Å². The van der Waals surface area contributed by atoms with Gasteiger partial charge in [0, 0.05) is 14.9 Å². The lowest BCUT2D eigenvalue weighted by Gasteiger charge is -2.11. The summed E-state index contributed by atoms with van der Waals surface area (Å²) in [5.41, 5.74) is 1.35. The van der Waals surface area contributed by atoms with Crippen molar-refractivity contribution in [2.45, 2.75) is 13.0 Å². The Kier molecular flexibility index (Phi) is 3.42. The summed E-state index contributed by atoms with van der Waals surface area (Å²) in [4.78, 5) is 1.13. The molecule has 1 unspecified atom stereocenters. The molecule has 0 saturated heterocycles. The van der Waals surface area contributed by atoms with Crippen molar-refractivity contribution in [2.75, 3.05) is 0 Å². The van der Waals surface area contributed by atoms with E-state index in [1.807, 2.05) is 18.4 Å². The first-order valence-corrected chi connectivity index (χ1v) is 6.43. The van der Waals surface area contributed by atoms with Gasteiger partial charge < -0.3 is 5.11 Å². The number of aliphatic hydroxyl groups is 1.